The molecule has 8 nitrogen and oxygen atoms in total. The summed E-state index contributed by atoms with van der Waals surface area (Å²) in [7, 11) is -2.85. The number of hydrogen-bond donors (Lipinski definition) is 2. The fourth-order valence-electron chi connectivity index (χ4n) is 3.47. The van der Waals surface area contributed by atoms with Crippen molar-refractivity contribution in [1.82, 2.24) is 20.5 Å². The minimum absolute atomic E-state index is 0. The monoisotopic (exact) mass is 540 g/mol. The Labute approximate surface area is 189 Å². The van der Waals surface area contributed by atoms with Crippen LogP contribution in [0.25, 0.3) is 0 Å². The standard InChI is InChI=1S/C18H29FN6O2S.HI/c1-2-20-18(22-7-9-24-10-12-28(26,27)13-11-24)23-15-5-8-25(14-15)17-16(19)4-3-6-21-17;/h3-4,6,15H,2,5,7-14H2,1H3,(H2,20,22,23);1H. The van der Waals surface area contributed by atoms with E-state index in [0.717, 1.165) is 32.0 Å². The zero-order valence-corrected chi connectivity index (χ0v) is 19.8. The van der Waals surface area contributed by atoms with Gasteiger partial charge in [-0.25, -0.2) is 17.8 Å². The summed E-state index contributed by atoms with van der Waals surface area (Å²) >= 11 is 0. The van der Waals surface area contributed by atoms with Crippen molar-refractivity contribution in [3.8, 4) is 0 Å². The molecule has 29 heavy (non-hydrogen) atoms. The van der Waals surface area contributed by atoms with Crippen LogP contribution >= 0.6 is 24.0 Å². The van der Waals surface area contributed by atoms with E-state index in [0.29, 0.717) is 32.0 Å². The van der Waals surface area contributed by atoms with Crippen LogP contribution in [0.4, 0.5) is 10.2 Å². The van der Waals surface area contributed by atoms with Crippen LogP contribution in [0.15, 0.2) is 23.3 Å². The van der Waals surface area contributed by atoms with Crippen molar-refractivity contribution in [1.29, 1.82) is 0 Å². The van der Waals surface area contributed by atoms with Crippen LogP contribution in [0.2, 0.25) is 0 Å². The van der Waals surface area contributed by atoms with Crippen LogP contribution < -0.4 is 15.5 Å². The van der Waals surface area contributed by atoms with Gasteiger partial charge in [0.2, 0.25) is 0 Å². The molecular formula is C18H30FIN6O2S. The Bertz CT molecular complexity index is 780. The summed E-state index contributed by atoms with van der Waals surface area (Å²) in [5.74, 6) is 1.30. The first-order chi connectivity index (χ1) is 13.5. The largest absolute Gasteiger partial charge is 0.357 e. The zero-order chi connectivity index (χ0) is 20.0. The molecule has 3 rings (SSSR count). The second-order valence-corrected chi connectivity index (χ2v) is 9.44. The van der Waals surface area contributed by atoms with Crippen molar-refractivity contribution in [2.45, 2.75) is 19.4 Å². The molecule has 2 aliphatic rings. The summed E-state index contributed by atoms with van der Waals surface area (Å²) in [6.45, 7) is 6.67. The van der Waals surface area contributed by atoms with Gasteiger partial charge in [0.1, 0.15) is 0 Å². The lowest BCUT2D eigenvalue weighted by atomic mass is 10.3. The van der Waals surface area contributed by atoms with Gasteiger partial charge in [-0.15, -0.1) is 24.0 Å². The first-order valence-electron chi connectivity index (χ1n) is 9.80. The molecule has 0 spiro atoms. The maximum absolute atomic E-state index is 13.9. The fourth-order valence-corrected chi connectivity index (χ4v) is 4.75. The highest BCUT2D eigenvalue weighted by molar-refractivity contribution is 14.0. The molecule has 2 saturated heterocycles. The van der Waals surface area contributed by atoms with Gasteiger partial charge in [0.25, 0.3) is 0 Å². The number of pyridine rings is 1. The van der Waals surface area contributed by atoms with E-state index >= 15 is 0 Å². The van der Waals surface area contributed by atoms with Gasteiger partial charge in [0, 0.05) is 51.5 Å². The number of aliphatic imine (C=N–C) groups is 1. The minimum Gasteiger partial charge on any atom is -0.357 e. The van der Waals surface area contributed by atoms with Gasteiger partial charge in [0.05, 0.1) is 18.1 Å². The van der Waals surface area contributed by atoms with Crippen LogP contribution in [0.1, 0.15) is 13.3 Å². The van der Waals surface area contributed by atoms with Gasteiger partial charge < -0.3 is 15.5 Å². The number of sulfone groups is 1. The summed E-state index contributed by atoms with van der Waals surface area (Å²) in [5.41, 5.74) is 0. The van der Waals surface area contributed by atoms with Gasteiger partial charge in [-0.1, -0.05) is 0 Å². The third-order valence-electron chi connectivity index (χ3n) is 5.04. The molecule has 1 unspecified atom stereocenters. The normalized spacial score (nSPS) is 22.2. The molecule has 1 atom stereocenters. The lowest BCUT2D eigenvalue weighted by molar-refractivity contribution is 0.304. The topological polar surface area (TPSA) is 89.9 Å². The summed E-state index contributed by atoms with van der Waals surface area (Å²) in [6.07, 6.45) is 2.49. The zero-order valence-electron chi connectivity index (χ0n) is 16.7. The van der Waals surface area contributed by atoms with E-state index in [4.69, 9.17) is 0 Å². The van der Waals surface area contributed by atoms with Gasteiger partial charge in [-0.3, -0.25) is 9.89 Å². The molecule has 0 saturated carbocycles. The minimum atomic E-state index is -2.85. The average molecular weight is 540 g/mol. The fraction of sp³-hybridized carbons (Fsp3) is 0.667. The second-order valence-electron chi connectivity index (χ2n) is 7.14. The van der Waals surface area contributed by atoms with Crippen LogP contribution in [0.3, 0.4) is 0 Å². The van der Waals surface area contributed by atoms with E-state index in [1.54, 1.807) is 12.3 Å². The van der Waals surface area contributed by atoms with E-state index in [2.05, 4.69) is 25.5 Å². The molecule has 2 N–H and O–H groups in total. The summed E-state index contributed by atoms with van der Waals surface area (Å²) in [4.78, 5) is 12.9. The van der Waals surface area contributed by atoms with Gasteiger partial charge >= 0.3 is 0 Å². The van der Waals surface area contributed by atoms with Crippen LogP contribution in [-0.2, 0) is 9.84 Å². The predicted octanol–water partition coefficient (Wildman–Crippen LogP) is 0.703. The van der Waals surface area contributed by atoms with Gasteiger partial charge in [0.15, 0.2) is 27.4 Å². The third kappa shape index (κ3) is 7.21. The van der Waals surface area contributed by atoms with Gasteiger partial charge in [-0.05, 0) is 25.5 Å². The Hall–Kier alpha value is -1.21. The Morgan fingerprint density at radius 1 is 1.34 bits per heavy atom. The van der Waals surface area contributed by atoms with E-state index in [1.807, 2.05) is 11.8 Å². The molecule has 0 aromatic carbocycles. The quantitative estimate of drug-likeness (QED) is 0.312. The molecule has 0 bridgehead atoms. The van der Waals surface area contributed by atoms with Crippen molar-refractivity contribution in [3.05, 3.63) is 24.1 Å². The summed E-state index contributed by atoms with van der Waals surface area (Å²) < 4.78 is 36.9. The van der Waals surface area contributed by atoms with Crippen molar-refractivity contribution in [2.24, 2.45) is 4.99 Å². The van der Waals surface area contributed by atoms with Crippen molar-refractivity contribution < 1.29 is 12.8 Å². The number of anilines is 1. The predicted molar refractivity (Wildman–Crippen MR) is 124 cm³/mol. The molecule has 3 heterocycles. The van der Waals surface area contributed by atoms with Crippen molar-refractivity contribution >= 4 is 45.6 Å². The van der Waals surface area contributed by atoms with Crippen molar-refractivity contribution in [3.63, 3.8) is 0 Å². The highest BCUT2D eigenvalue weighted by Gasteiger charge is 2.26. The first kappa shape index (κ1) is 24.1. The smallest absolute Gasteiger partial charge is 0.191 e. The Morgan fingerprint density at radius 2 is 2.10 bits per heavy atom. The highest BCUT2D eigenvalue weighted by Crippen LogP contribution is 2.20. The number of guanidine groups is 1. The van der Waals surface area contributed by atoms with Crippen LogP contribution in [-0.4, -0.2) is 87.6 Å². The van der Waals surface area contributed by atoms with E-state index < -0.39 is 9.84 Å². The number of rotatable bonds is 6. The number of nitrogens with one attached hydrogen (secondary N) is 2. The lowest BCUT2D eigenvalue weighted by Crippen LogP contribution is -2.45. The first-order valence-corrected chi connectivity index (χ1v) is 11.6. The molecule has 2 fully saturated rings. The molecular weight excluding hydrogens is 510 g/mol. The Kier molecular flexibility index (Phi) is 9.34. The second kappa shape index (κ2) is 11.3. The van der Waals surface area contributed by atoms with Gasteiger partial charge in [-0.2, -0.15) is 0 Å². The lowest BCUT2D eigenvalue weighted by Gasteiger charge is -2.26. The summed E-state index contributed by atoms with van der Waals surface area (Å²) in [5, 5.41) is 6.66. The number of aromatic nitrogens is 1. The number of nitrogens with zero attached hydrogens (tertiary/aromatic N) is 4. The SMILES string of the molecule is CCNC(=NCCN1CCS(=O)(=O)CC1)NC1CCN(c2ncccc2F)C1.I. The molecule has 1 aromatic rings. The van der Waals surface area contributed by atoms with E-state index in [-0.39, 0.29) is 47.3 Å². The number of halogens is 2. The molecule has 164 valence electrons. The summed E-state index contributed by atoms with van der Waals surface area (Å²) in [6, 6.07) is 3.19. The molecule has 2 aliphatic heterocycles. The molecule has 1 aromatic heterocycles. The number of hydrogen-bond acceptors (Lipinski definition) is 6. The molecule has 0 aliphatic carbocycles. The van der Waals surface area contributed by atoms with Crippen LogP contribution in [0.5, 0.6) is 0 Å². The van der Waals surface area contributed by atoms with Crippen molar-refractivity contribution in [2.75, 3.05) is 62.2 Å². The molecule has 0 radical (unpaired) electrons. The maximum atomic E-state index is 13.9. The highest BCUT2D eigenvalue weighted by atomic mass is 127. The Morgan fingerprint density at radius 3 is 2.79 bits per heavy atom. The maximum Gasteiger partial charge on any atom is 0.191 e. The molecule has 0 amide bonds. The van der Waals surface area contributed by atoms with E-state index in [9.17, 15) is 12.8 Å². The Balaban J connectivity index is 0.00000300. The average Bonchev–Trinajstić information content (AvgIpc) is 3.12. The van der Waals surface area contributed by atoms with Crippen LogP contribution in [0, 0.1) is 5.82 Å². The molecule has 11 heteroatoms. The van der Waals surface area contributed by atoms with E-state index in [1.165, 1.54) is 6.07 Å². The third-order valence-corrected chi connectivity index (χ3v) is 6.64.